The van der Waals surface area contributed by atoms with Crippen molar-refractivity contribution in [1.82, 2.24) is 4.90 Å². The predicted octanol–water partition coefficient (Wildman–Crippen LogP) is 2.22. The van der Waals surface area contributed by atoms with E-state index in [1.165, 1.54) is 18.2 Å². The fourth-order valence-corrected chi connectivity index (χ4v) is 2.97. The van der Waals surface area contributed by atoms with Gasteiger partial charge in [-0.2, -0.15) is 0 Å². The maximum atomic E-state index is 12.0. The summed E-state index contributed by atoms with van der Waals surface area (Å²) in [6, 6.07) is 2.74. The lowest BCUT2D eigenvalue weighted by atomic mass is 10.2. The van der Waals surface area contributed by atoms with E-state index in [1.807, 2.05) is 0 Å². The normalized spacial score (nSPS) is 16.9. The molecule has 0 atom stereocenters. The molecule has 3 N–H and O–H groups in total. The third-order valence-electron chi connectivity index (χ3n) is 2.53. The Hall–Kier alpha value is -1.70. The minimum atomic E-state index is -0.799. The van der Waals surface area contributed by atoms with Crippen LogP contribution >= 0.6 is 35.0 Å². The van der Waals surface area contributed by atoms with E-state index in [1.54, 1.807) is 0 Å². The van der Waals surface area contributed by atoms with E-state index in [0.29, 0.717) is 11.8 Å². The smallest absolute Gasteiger partial charge is 0.294 e. The summed E-state index contributed by atoms with van der Waals surface area (Å²) in [6.07, 6.45) is 1.28. The lowest BCUT2D eigenvalue weighted by molar-refractivity contribution is -0.127. The number of imide groups is 1. The maximum Gasteiger partial charge on any atom is 0.294 e. The van der Waals surface area contributed by atoms with Crippen LogP contribution in [0.3, 0.4) is 0 Å². The number of carbonyl (C=O) groups is 3. The number of benzene rings is 1. The average molecular weight is 347 g/mol. The fraction of sp³-hybridized carbons (Fsp3) is 0.0833. The van der Waals surface area contributed by atoms with E-state index >= 15 is 0 Å². The second-order valence-electron chi connectivity index (χ2n) is 4.06. The van der Waals surface area contributed by atoms with Gasteiger partial charge in [-0.25, -0.2) is 0 Å². The van der Waals surface area contributed by atoms with Crippen molar-refractivity contribution in [2.24, 2.45) is 5.73 Å². The first kappa shape index (κ1) is 15.7. The molecule has 1 aliphatic rings. The Balaban J connectivity index is 2.37. The zero-order valence-electron chi connectivity index (χ0n) is 10.3. The summed E-state index contributed by atoms with van der Waals surface area (Å²) >= 11 is 12.2. The first-order valence-corrected chi connectivity index (χ1v) is 7.08. The molecular weight excluding hydrogens is 339 g/mol. The van der Waals surface area contributed by atoms with E-state index in [-0.39, 0.29) is 26.3 Å². The van der Waals surface area contributed by atoms with E-state index in [9.17, 15) is 19.5 Å². The summed E-state index contributed by atoms with van der Waals surface area (Å²) in [4.78, 5) is 35.2. The highest BCUT2D eigenvalue weighted by molar-refractivity contribution is 8.18. The Labute approximate surface area is 133 Å². The molecule has 0 radical (unpaired) electrons. The van der Waals surface area contributed by atoms with Gasteiger partial charge in [-0.1, -0.05) is 23.2 Å². The first-order chi connectivity index (χ1) is 9.79. The van der Waals surface area contributed by atoms with Gasteiger partial charge < -0.3 is 10.8 Å². The number of nitrogens with two attached hydrogens (primary N) is 1. The molecule has 0 bridgehead atoms. The molecule has 1 aromatic rings. The maximum absolute atomic E-state index is 12.0. The monoisotopic (exact) mass is 346 g/mol. The molecule has 2 rings (SSSR count). The lowest BCUT2D eigenvalue weighted by Crippen LogP contribution is -2.36. The van der Waals surface area contributed by atoms with Gasteiger partial charge >= 0.3 is 0 Å². The Morgan fingerprint density at radius 1 is 1.38 bits per heavy atom. The number of carbonyl (C=O) groups excluding carboxylic acids is 3. The second-order valence-corrected chi connectivity index (χ2v) is 5.90. The highest BCUT2D eigenvalue weighted by atomic mass is 35.5. The Kier molecular flexibility index (Phi) is 4.46. The highest BCUT2D eigenvalue weighted by Crippen LogP contribution is 2.37. The van der Waals surface area contributed by atoms with Crippen molar-refractivity contribution >= 4 is 58.1 Å². The molecule has 1 aromatic carbocycles. The molecule has 3 amide bonds. The van der Waals surface area contributed by atoms with E-state index in [4.69, 9.17) is 28.9 Å². The number of rotatable bonds is 3. The first-order valence-electron chi connectivity index (χ1n) is 5.51. The molecule has 0 spiro atoms. The van der Waals surface area contributed by atoms with Gasteiger partial charge in [0.2, 0.25) is 5.91 Å². The third-order valence-corrected chi connectivity index (χ3v) is 3.95. The van der Waals surface area contributed by atoms with E-state index in [2.05, 4.69) is 0 Å². The van der Waals surface area contributed by atoms with Gasteiger partial charge in [0.05, 0.1) is 9.93 Å². The fourth-order valence-electron chi connectivity index (χ4n) is 1.63. The van der Waals surface area contributed by atoms with Crippen molar-refractivity contribution in [3.05, 3.63) is 32.6 Å². The number of nitrogens with zero attached hydrogens (tertiary/aromatic N) is 1. The molecule has 1 saturated heterocycles. The number of primary amides is 1. The zero-order chi connectivity index (χ0) is 15.7. The van der Waals surface area contributed by atoms with Crippen LogP contribution in [0.2, 0.25) is 10.0 Å². The summed E-state index contributed by atoms with van der Waals surface area (Å²) in [5.74, 6) is -1.73. The number of phenols is 1. The third kappa shape index (κ3) is 3.31. The van der Waals surface area contributed by atoms with Gasteiger partial charge in [0, 0.05) is 10.6 Å². The van der Waals surface area contributed by atoms with Crippen LogP contribution < -0.4 is 5.73 Å². The molecule has 0 unspecified atom stereocenters. The average Bonchev–Trinajstić information content (AvgIpc) is 2.63. The van der Waals surface area contributed by atoms with Crippen LogP contribution in [0.1, 0.15) is 5.56 Å². The largest absolute Gasteiger partial charge is 0.506 e. The van der Waals surface area contributed by atoms with Crippen LogP contribution in [0, 0.1) is 0 Å². The van der Waals surface area contributed by atoms with Crippen LogP contribution in [0.25, 0.3) is 6.08 Å². The SMILES string of the molecule is NC(=O)CN1C(=O)S/C(=C\c2cc(Cl)cc(Cl)c2O)C1=O. The van der Waals surface area contributed by atoms with Crippen molar-refractivity contribution in [2.45, 2.75) is 0 Å². The number of hydrogen-bond acceptors (Lipinski definition) is 5. The van der Waals surface area contributed by atoms with Crippen LogP contribution in [0.15, 0.2) is 17.0 Å². The standard InChI is InChI=1S/C12H8Cl2N2O4S/c13-6-1-5(10(18)7(14)3-6)2-8-11(19)16(4-9(15)17)12(20)21-8/h1-3,18H,4H2,(H2,15,17)/b8-2-. The Morgan fingerprint density at radius 2 is 2.05 bits per heavy atom. The van der Waals surface area contributed by atoms with Gasteiger partial charge in [0.15, 0.2) is 0 Å². The molecule has 1 fully saturated rings. The number of phenolic OH excluding ortho intramolecular Hbond substituents is 1. The Morgan fingerprint density at radius 3 is 2.67 bits per heavy atom. The van der Waals surface area contributed by atoms with Crippen molar-refractivity contribution < 1.29 is 19.5 Å². The summed E-state index contributed by atoms with van der Waals surface area (Å²) in [5, 5.41) is 9.49. The van der Waals surface area contributed by atoms with Crippen LogP contribution in [0.5, 0.6) is 5.75 Å². The minimum absolute atomic E-state index is 0.0186. The van der Waals surface area contributed by atoms with E-state index < -0.39 is 23.6 Å². The molecule has 110 valence electrons. The predicted molar refractivity (Wildman–Crippen MR) is 80.0 cm³/mol. The highest BCUT2D eigenvalue weighted by Gasteiger charge is 2.36. The summed E-state index contributed by atoms with van der Waals surface area (Å²) < 4.78 is 0. The number of amides is 3. The number of thioether (sulfide) groups is 1. The van der Waals surface area contributed by atoms with Crippen molar-refractivity contribution in [3.63, 3.8) is 0 Å². The van der Waals surface area contributed by atoms with Gasteiger partial charge in [0.1, 0.15) is 12.3 Å². The van der Waals surface area contributed by atoms with Crippen molar-refractivity contribution in [1.29, 1.82) is 0 Å². The molecule has 0 saturated carbocycles. The summed E-state index contributed by atoms with van der Waals surface area (Å²) in [7, 11) is 0. The van der Waals surface area contributed by atoms with Crippen molar-refractivity contribution in [2.75, 3.05) is 6.54 Å². The molecule has 1 heterocycles. The summed E-state index contributed by atoms with van der Waals surface area (Å²) in [5.41, 5.74) is 5.16. The molecule has 0 aliphatic carbocycles. The van der Waals surface area contributed by atoms with E-state index in [0.717, 1.165) is 4.90 Å². The topological polar surface area (TPSA) is 101 Å². The Bertz CT molecular complexity index is 690. The number of aromatic hydroxyl groups is 1. The second kappa shape index (κ2) is 5.97. The molecule has 9 heteroatoms. The van der Waals surface area contributed by atoms with Gasteiger partial charge in [-0.3, -0.25) is 19.3 Å². The van der Waals surface area contributed by atoms with Gasteiger partial charge in [0.25, 0.3) is 11.1 Å². The zero-order valence-corrected chi connectivity index (χ0v) is 12.6. The number of hydrogen-bond donors (Lipinski definition) is 2. The summed E-state index contributed by atoms with van der Waals surface area (Å²) in [6.45, 7) is -0.496. The number of halogens is 2. The quantitative estimate of drug-likeness (QED) is 0.817. The van der Waals surface area contributed by atoms with Crippen LogP contribution in [0.4, 0.5) is 4.79 Å². The lowest BCUT2D eigenvalue weighted by Gasteiger charge is -2.08. The van der Waals surface area contributed by atoms with Crippen LogP contribution in [-0.2, 0) is 9.59 Å². The molecule has 1 aliphatic heterocycles. The van der Waals surface area contributed by atoms with Crippen LogP contribution in [-0.4, -0.2) is 33.6 Å². The molecule has 21 heavy (non-hydrogen) atoms. The molecular formula is C12H8Cl2N2O4S. The van der Waals surface area contributed by atoms with Gasteiger partial charge in [-0.15, -0.1) is 0 Å². The van der Waals surface area contributed by atoms with Gasteiger partial charge in [-0.05, 0) is 30.0 Å². The molecule has 6 nitrogen and oxygen atoms in total. The molecule has 0 aromatic heterocycles. The minimum Gasteiger partial charge on any atom is -0.506 e. The van der Waals surface area contributed by atoms with Crippen molar-refractivity contribution in [3.8, 4) is 5.75 Å².